The number of carbonyl (C=O) groups is 2. The first kappa shape index (κ1) is 9.18. The molecular formula is C10H9NO3S. The molecule has 0 radical (unpaired) electrons. The zero-order valence-electron chi connectivity index (χ0n) is 8.29. The minimum atomic E-state index is -1.25. The number of hydrogen-bond donors (Lipinski definition) is 1. The van der Waals surface area contributed by atoms with E-state index in [9.17, 15) is 14.1 Å². The molecule has 3 aliphatic rings. The van der Waals surface area contributed by atoms with Crippen molar-refractivity contribution in [1.82, 2.24) is 5.32 Å². The van der Waals surface area contributed by atoms with Gasteiger partial charge < -0.3 is 4.55 Å². The Morgan fingerprint density at radius 2 is 1.53 bits per heavy atom. The summed E-state index contributed by atoms with van der Waals surface area (Å²) in [5, 5.41) is 2.26. The summed E-state index contributed by atoms with van der Waals surface area (Å²) in [6.07, 6.45) is 3.56. The van der Waals surface area contributed by atoms with Crippen LogP contribution in [0.25, 0.3) is 0 Å². The molecule has 0 saturated carbocycles. The molecule has 4 nitrogen and oxygen atoms in total. The molecule has 1 N–H and O–H groups in total. The van der Waals surface area contributed by atoms with E-state index in [4.69, 9.17) is 0 Å². The van der Waals surface area contributed by atoms with Gasteiger partial charge in [0.1, 0.15) is 0 Å². The minimum absolute atomic E-state index is 0.390. The van der Waals surface area contributed by atoms with Crippen molar-refractivity contribution in [1.29, 1.82) is 0 Å². The van der Waals surface area contributed by atoms with E-state index in [1.165, 1.54) is 0 Å². The maximum atomic E-state index is 12.2. The number of rotatable bonds is 0. The maximum Gasteiger partial charge on any atom is 0.260 e. The van der Waals surface area contributed by atoms with Gasteiger partial charge in [-0.25, -0.2) is 0 Å². The molecule has 0 saturated heterocycles. The molecule has 15 heavy (non-hydrogen) atoms. The number of fused-ring (bicyclic) bond motifs is 4. The third-order valence-corrected chi connectivity index (χ3v) is 5.63. The number of imide groups is 1. The minimum Gasteiger partial charge on any atom is -0.614 e. The molecule has 2 amide bonds. The third kappa shape index (κ3) is 0.732. The van der Waals surface area contributed by atoms with Crippen molar-refractivity contribution in [3.05, 3.63) is 23.3 Å². The summed E-state index contributed by atoms with van der Waals surface area (Å²) in [7, 11) is 0. The quantitative estimate of drug-likeness (QED) is 0.351. The predicted octanol–water partition coefficient (Wildman–Crippen LogP) is -0.211. The molecule has 2 bridgehead atoms. The Morgan fingerprint density at radius 3 is 1.93 bits per heavy atom. The van der Waals surface area contributed by atoms with Crippen molar-refractivity contribution in [3.8, 4) is 0 Å². The van der Waals surface area contributed by atoms with Crippen LogP contribution in [0.15, 0.2) is 23.3 Å². The van der Waals surface area contributed by atoms with Gasteiger partial charge in [-0.1, -0.05) is 0 Å². The average Bonchev–Trinajstić information content (AvgIpc) is 2.64. The van der Waals surface area contributed by atoms with Crippen LogP contribution >= 0.6 is 0 Å². The summed E-state index contributed by atoms with van der Waals surface area (Å²) in [4.78, 5) is 23.2. The second-order valence-electron chi connectivity index (χ2n) is 4.35. The molecular weight excluding hydrogens is 214 g/mol. The SMILES string of the molecule is CC12C=CC(C)(C3=C1C(=O)NC3=O)[S+]2[O-]. The molecule has 0 aliphatic carbocycles. The number of amides is 2. The summed E-state index contributed by atoms with van der Waals surface area (Å²) < 4.78 is 10.6. The maximum absolute atomic E-state index is 12.2. The van der Waals surface area contributed by atoms with Crippen LogP contribution in [0.4, 0.5) is 0 Å². The molecule has 3 rings (SSSR count). The molecule has 78 valence electrons. The van der Waals surface area contributed by atoms with Crippen LogP contribution < -0.4 is 5.32 Å². The molecule has 3 aliphatic heterocycles. The van der Waals surface area contributed by atoms with Crippen LogP contribution in [0.2, 0.25) is 0 Å². The zero-order valence-corrected chi connectivity index (χ0v) is 9.10. The van der Waals surface area contributed by atoms with E-state index in [0.717, 1.165) is 0 Å². The first-order valence-electron chi connectivity index (χ1n) is 4.64. The fourth-order valence-electron chi connectivity index (χ4n) is 2.64. The van der Waals surface area contributed by atoms with Crippen molar-refractivity contribution in [3.63, 3.8) is 0 Å². The van der Waals surface area contributed by atoms with Gasteiger partial charge in [0.15, 0.2) is 9.49 Å². The Hall–Kier alpha value is -1.07. The monoisotopic (exact) mass is 223 g/mol. The molecule has 0 aromatic carbocycles. The highest BCUT2D eigenvalue weighted by molar-refractivity contribution is 7.95. The molecule has 2 atom stereocenters. The van der Waals surface area contributed by atoms with Gasteiger partial charge in [0, 0.05) is 0 Å². The smallest absolute Gasteiger partial charge is 0.260 e. The lowest BCUT2D eigenvalue weighted by molar-refractivity contribution is -0.124. The van der Waals surface area contributed by atoms with Gasteiger partial charge in [0.05, 0.1) is 11.1 Å². The van der Waals surface area contributed by atoms with Crippen LogP contribution in [0.3, 0.4) is 0 Å². The lowest BCUT2D eigenvalue weighted by Gasteiger charge is -2.27. The predicted molar refractivity (Wildman–Crippen MR) is 54.3 cm³/mol. The van der Waals surface area contributed by atoms with Crippen molar-refractivity contribution in [2.75, 3.05) is 0 Å². The molecule has 0 aromatic rings. The zero-order chi connectivity index (χ0) is 11.0. The van der Waals surface area contributed by atoms with Crippen LogP contribution in [-0.2, 0) is 20.8 Å². The Morgan fingerprint density at radius 1 is 1.13 bits per heavy atom. The van der Waals surface area contributed by atoms with E-state index in [2.05, 4.69) is 5.32 Å². The van der Waals surface area contributed by atoms with E-state index < -0.39 is 20.7 Å². The average molecular weight is 223 g/mol. The molecule has 5 heteroatoms. The normalized spacial score (nSPS) is 46.5. The van der Waals surface area contributed by atoms with E-state index in [1.807, 2.05) is 0 Å². The molecule has 2 unspecified atom stereocenters. The van der Waals surface area contributed by atoms with Crippen molar-refractivity contribution in [2.24, 2.45) is 0 Å². The second kappa shape index (κ2) is 2.20. The Bertz CT molecular complexity index is 441. The van der Waals surface area contributed by atoms with E-state index in [-0.39, 0.29) is 11.8 Å². The Kier molecular flexibility index (Phi) is 1.35. The van der Waals surface area contributed by atoms with Crippen LogP contribution in [-0.4, -0.2) is 25.9 Å². The first-order valence-corrected chi connectivity index (χ1v) is 5.79. The number of hydrogen-bond acceptors (Lipinski definition) is 3. The summed E-state index contributed by atoms with van der Waals surface area (Å²) in [6.45, 7) is 3.48. The van der Waals surface area contributed by atoms with Gasteiger partial charge in [-0.2, -0.15) is 0 Å². The fraction of sp³-hybridized carbons (Fsp3) is 0.400. The Labute approximate surface area is 89.6 Å². The van der Waals surface area contributed by atoms with Gasteiger partial charge in [-0.05, 0) is 37.2 Å². The number of nitrogens with one attached hydrogen (secondary N) is 1. The highest BCUT2D eigenvalue weighted by atomic mass is 32.2. The largest absolute Gasteiger partial charge is 0.614 e. The first-order chi connectivity index (χ1) is 6.91. The summed E-state index contributed by atoms with van der Waals surface area (Å²) >= 11 is -1.25. The van der Waals surface area contributed by atoms with Crippen molar-refractivity contribution >= 4 is 23.0 Å². The van der Waals surface area contributed by atoms with Gasteiger partial charge in [0.25, 0.3) is 11.8 Å². The van der Waals surface area contributed by atoms with Crippen molar-refractivity contribution in [2.45, 2.75) is 23.3 Å². The highest BCUT2D eigenvalue weighted by Gasteiger charge is 2.69. The second-order valence-corrected chi connectivity index (χ2v) is 6.58. The molecule has 0 aromatic heterocycles. The summed E-state index contributed by atoms with van der Waals surface area (Å²) in [5.41, 5.74) is 0.798. The lowest BCUT2D eigenvalue weighted by Crippen LogP contribution is -2.43. The van der Waals surface area contributed by atoms with Crippen molar-refractivity contribution < 1.29 is 14.1 Å². The molecule has 3 heterocycles. The van der Waals surface area contributed by atoms with Gasteiger partial charge >= 0.3 is 0 Å². The van der Waals surface area contributed by atoms with E-state index in [1.54, 1.807) is 26.0 Å². The van der Waals surface area contributed by atoms with Crippen LogP contribution in [0.5, 0.6) is 0 Å². The van der Waals surface area contributed by atoms with Gasteiger partial charge in [0.2, 0.25) is 0 Å². The fourth-order valence-corrected chi connectivity index (χ4v) is 4.66. The lowest BCUT2D eigenvalue weighted by atomic mass is 9.85. The topological polar surface area (TPSA) is 69.2 Å². The van der Waals surface area contributed by atoms with E-state index in [0.29, 0.717) is 11.1 Å². The summed E-state index contributed by atoms with van der Waals surface area (Å²) in [6, 6.07) is 0. The van der Waals surface area contributed by atoms with Crippen LogP contribution in [0, 0.1) is 0 Å². The molecule has 0 spiro atoms. The van der Waals surface area contributed by atoms with Gasteiger partial charge in [-0.3, -0.25) is 14.9 Å². The Balaban J connectivity index is 2.32. The highest BCUT2D eigenvalue weighted by Crippen LogP contribution is 2.56. The third-order valence-electron chi connectivity index (χ3n) is 3.41. The standard InChI is InChI=1S/C10H9NO3S/c1-9-3-4-10(2,15(9)14)6-5(9)7(12)11-8(6)13/h3-4H,1-2H3,(H,11,12,13). The van der Waals surface area contributed by atoms with Crippen LogP contribution in [0.1, 0.15) is 13.8 Å². The summed E-state index contributed by atoms with van der Waals surface area (Å²) in [5.74, 6) is -0.780. The molecule has 0 fully saturated rings. The van der Waals surface area contributed by atoms with E-state index >= 15 is 0 Å². The number of carbonyl (C=O) groups excluding carboxylic acids is 2. The van der Waals surface area contributed by atoms with Gasteiger partial charge in [-0.15, -0.1) is 0 Å².